The molecule has 2 rings (SSSR count). The van der Waals surface area contributed by atoms with E-state index in [1.54, 1.807) is 12.1 Å². The zero-order valence-corrected chi connectivity index (χ0v) is 14.1. The number of hydrogen-bond acceptors (Lipinski definition) is 3. The van der Waals surface area contributed by atoms with Gasteiger partial charge in [0.2, 0.25) is 0 Å². The van der Waals surface area contributed by atoms with Crippen molar-refractivity contribution < 1.29 is 9.13 Å². The first-order chi connectivity index (χ1) is 10.2. The second kappa shape index (κ2) is 8.22. The van der Waals surface area contributed by atoms with Gasteiger partial charge in [-0.05, 0) is 49.6 Å². The molecule has 3 nitrogen and oxygen atoms in total. The van der Waals surface area contributed by atoms with Crippen molar-refractivity contribution in [1.29, 1.82) is 0 Å². The van der Waals surface area contributed by atoms with Crippen LogP contribution in [-0.2, 0) is 4.74 Å². The van der Waals surface area contributed by atoms with E-state index in [0.29, 0.717) is 6.54 Å². The number of nitrogens with two attached hydrogens (primary N) is 1. The van der Waals surface area contributed by atoms with Gasteiger partial charge in [0.15, 0.2) is 0 Å². The minimum absolute atomic E-state index is 0.0306. The summed E-state index contributed by atoms with van der Waals surface area (Å²) >= 11 is 3.52. The maximum atomic E-state index is 13.5. The van der Waals surface area contributed by atoms with E-state index in [2.05, 4.69) is 27.8 Å². The highest BCUT2D eigenvalue weighted by Gasteiger charge is 2.27. The molecule has 118 valence electrons. The van der Waals surface area contributed by atoms with Crippen LogP contribution in [0.5, 0.6) is 0 Å². The molecule has 0 amide bonds. The van der Waals surface area contributed by atoms with Crippen molar-refractivity contribution in [3.05, 3.63) is 34.1 Å². The second-order valence-electron chi connectivity index (χ2n) is 5.55. The maximum absolute atomic E-state index is 13.5. The van der Waals surface area contributed by atoms with Gasteiger partial charge < -0.3 is 10.5 Å². The van der Waals surface area contributed by atoms with Crippen LogP contribution in [0.1, 0.15) is 37.8 Å². The van der Waals surface area contributed by atoms with E-state index < -0.39 is 0 Å². The van der Waals surface area contributed by atoms with Crippen molar-refractivity contribution in [1.82, 2.24) is 4.90 Å². The Morgan fingerprint density at radius 3 is 3.05 bits per heavy atom. The lowest BCUT2D eigenvalue weighted by Crippen LogP contribution is -2.44. The molecule has 21 heavy (non-hydrogen) atoms. The van der Waals surface area contributed by atoms with Crippen LogP contribution in [0.25, 0.3) is 0 Å². The molecule has 5 heteroatoms. The molecule has 0 bridgehead atoms. The third-order valence-electron chi connectivity index (χ3n) is 3.95. The Labute approximate surface area is 134 Å². The van der Waals surface area contributed by atoms with Crippen molar-refractivity contribution in [2.24, 2.45) is 5.73 Å². The molecule has 1 fully saturated rings. The van der Waals surface area contributed by atoms with Gasteiger partial charge in [-0.3, -0.25) is 4.90 Å². The highest BCUT2D eigenvalue weighted by Crippen LogP contribution is 2.30. The molecule has 1 aliphatic heterocycles. The van der Waals surface area contributed by atoms with Gasteiger partial charge in [0.25, 0.3) is 0 Å². The molecule has 0 spiro atoms. The number of rotatable bonds is 6. The molecule has 1 heterocycles. The first-order valence-electron chi connectivity index (χ1n) is 7.66. The summed E-state index contributed by atoms with van der Waals surface area (Å²) in [6.07, 6.45) is 3.49. The van der Waals surface area contributed by atoms with Crippen LogP contribution in [-0.4, -0.2) is 37.2 Å². The van der Waals surface area contributed by atoms with Crippen LogP contribution in [0.15, 0.2) is 22.7 Å². The van der Waals surface area contributed by atoms with Gasteiger partial charge >= 0.3 is 0 Å². The Morgan fingerprint density at radius 2 is 2.33 bits per heavy atom. The van der Waals surface area contributed by atoms with Crippen molar-refractivity contribution in [2.75, 3.05) is 26.2 Å². The summed E-state index contributed by atoms with van der Waals surface area (Å²) < 4.78 is 20.3. The lowest BCUT2D eigenvalue weighted by Gasteiger charge is -2.38. The predicted molar refractivity (Wildman–Crippen MR) is 86.7 cm³/mol. The van der Waals surface area contributed by atoms with E-state index >= 15 is 0 Å². The van der Waals surface area contributed by atoms with Crippen LogP contribution in [0.3, 0.4) is 0 Å². The molecule has 2 unspecified atom stereocenters. The zero-order valence-electron chi connectivity index (χ0n) is 12.5. The van der Waals surface area contributed by atoms with E-state index in [4.69, 9.17) is 10.5 Å². The van der Waals surface area contributed by atoms with Crippen molar-refractivity contribution in [3.63, 3.8) is 0 Å². The summed E-state index contributed by atoms with van der Waals surface area (Å²) in [5, 5.41) is 0. The number of benzene rings is 1. The Balaban J connectivity index is 2.11. The van der Waals surface area contributed by atoms with Gasteiger partial charge in [0.1, 0.15) is 5.82 Å². The number of halogens is 2. The minimum Gasteiger partial charge on any atom is -0.377 e. The fourth-order valence-electron chi connectivity index (χ4n) is 2.91. The van der Waals surface area contributed by atoms with E-state index in [1.165, 1.54) is 6.07 Å². The summed E-state index contributed by atoms with van der Waals surface area (Å²) in [5.41, 5.74) is 6.90. The van der Waals surface area contributed by atoms with Crippen molar-refractivity contribution in [2.45, 2.75) is 38.3 Å². The van der Waals surface area contributed by atoms with E-state index in [1.807, 2.05) is 0 Å². The number of piperidine rings is 1. The van der Waals surface area contributed by atoms with Gasteiger partial charge in [-0.2, -0.15) is 0 Å². The van der Waals surface area contributed by atoms with Crippen molar-refractivity contribution in [3.8, 4) is 0 Å². The summed E-state index contributed by atoms with van der Waals surface area (Å²) in [4.78, 5) is 2.32. The molecule has 2 N–H and O–H groups in total. The Kier molecular flexibility index (Phi) is 6.61. The molecule has 0 saturated carbocycles. The zero-order chi connectivity index (χ0) is 15.2. The Morgan fingerprint density at radius 1 is 1.52 bits per heavy atom. The molecule has 2 atom stereocenters. The Hall–Kier alpha value is -0.490. The first kappa shape index (κ1) is 16.9. The minimum atomic E-state index is -0.220. The molecule has 0 radical (unpaired) electrons. The predicted octanol–water partition coefficient (Wildman–Crippen LogP) is 3.48. The number of hydrogen-bond donors (Lipinski definition) is 1. The monoisotopic (exact) mass is 358 g/mol. The first-order valence-corrected chi connectivity index (χ1v) is 8.45. The quantitative estimate of drug-likeness (QED) is 0.845. The molecule has 1 aliphatic rings. The lowest BCUT2D eigenvalue weighted by atomic mass is 10.0. The third kappa shape index (κ3) is 4.49. The maximum Gasteiger partial charge on any atom is 0.123 e. The smallest absolute Gasteiger partial charge is 0.123 e. The largest absolute Gasteiger partial charge is 0.377 e. The average Bonchev–Trinajstić information content (AvgIpc) is 2.50. The fourth-order valence-corrected chi connectivity index (χ4v) is 3.42. The molecule has 1 aromatic rings. The standard InChI is InChI=1S/C16H24BrFN2O/c1-2-8-21-13-4-3-7-20(11-13)16(10-19)14-9-12(18)5-6-15(14)17/h5-6,9,13,16H,2-4,7-8,10-11,19H2,1H3. The average molecular weight is 359 g/mol. The fraction of sp³-hybridized carbons (Fsp3) is 0.625. The summed E-state index contributed by atoms with van der Waals surface area (Å²) in [5.74, 6) is -0.220. The summed E-state index contributed by atoms with van der Waals surface area (Å²) in [6.45, 7) is 5.24. The highest BCUT2D eigenvalue weighted by molar-refractivity contribution is 9.10. The summed E-state index contributed by atoms with van der Waals surface area (Å²) in [6, 6.07) is 4.83. The molecule has 1 saturated heterocycles. The van der Waals surface area contributed by atoms with Crippen LogP contribution < -0.4 is 5.73 Å². The van der Waals surface area contributed by atoms with Crippen LogP contribution in [0.2, 0.25) is 0 Å². The topological polar surface area (TPSA) is 38.5 Å². The molecular weight excluding hydrogens is 335 g/mol. The van der Waals surface area contributed by atoms with Gasteiger partial charge in [0.05, 0.1) is 6.10 Å². The number of likely N-dealkylation sites (tertiary alicyclic amines) is 1. The Bertz CT molecular complexity index is 458. The third-order valence-corrected chi connectivity index (χ3v) is 4.67. The summed E-state index contributed by atoms with van der Waals surface area (Å²) in [7, 11) is 0. The normalized spacial score (nSPS) is 21.4. The highest BCUT2D eigenvalue weighted by atomic mass is 79.9. The van der Waals surface area contributed by atoms with Gasteiger partial charge in [-0.15, -0.1) is 0 Å². The van der Waals surface area contributed by atoms with E-state index in [0.717, 1.165) is 49.0 Å². The molecule has 1 aromatic carbocycles. The van der Waals surface area contributed by atoms with Gasteiger partial charge in [0, 0.05) is 30.2 Å². The van der Waals surface area contributed by atoms with Crippen molar-refractivity contribution >= 4 is 15.9 Å². The van der Waals surface area contributed by atoms with Crippen LogP contribution in [0.4, 0.5) is 4.39 Å². The van der Waals surface area contributed by atoms with E-state index in [9.17, 15) is 4.39 Å². The molecule has 0 aromatic heterocycles. The number of ether oxygens (including phenoxy) is 1. The van der Waals surface area contributed by atoms with Gasteiger partial charge in [-0.25, -0.2) is 4.39 Å². The number of nitrogens with zero attached hydrogens (tertiary/aromatic N) is 1. The van der Waals surface area contributed by atoms with Crippen LogP contribution >= 0.6 is 15.9 Å². The van der Waals surface area contributed by atoms with Gasteiger partial charge in [-0.1, -0.05) is 22.9 Å². The van der Waals surface area contributed by atoms with E-state index in [-0.39, 0.29) is 18.0 Å². The van der Waals surface area contributed by atoms with Crippen LogP contribution in [0, 0.1) is 5.82 Å². The lowest BCUT2D eigenvalue weighted by molar-refractivity contribution is -0.0119. The second-order valence-corrected chi connectivity index (χ2v) is 6.40. The molecule has 0 aliphatic carbocycles. The SMILES string of the molecule is CCCOC1CCCN(C(CN)c2cc(F)ccc2Br)C1. The molecular formula is C16H24BrFN2O.